The van der Waals surface area contributed by atoms with E-state index < -0.39 is 13.3 Å². The van der Waals surface area contributed by atoms with Crippen LogP contribution in [0.3, 0.4) is 0 Å². The minimum atomic E-state index is -1.99. The molecule has 10 rings (SSSR count). The van der Waals surface area contributed by atoms with Gasteiger partial charge >= 0.3 is 135 Å². The Kier molecular flexibility index (Phi) is 13.0. The van der Waals surface area contributed by atoms with Crippen LogP contribution in [0.25, 0.3) is 83.7 Å². The topological polar surface area (TPSA) is 56.7 Å². The van der Waals surface area contributed by atoms with E-state index in [1.807, 2.05) is 43.3 Å². The summed E-state index contributed by atoms with van der Waals surface area (Å²) >= 11 is -1.99. The molecule has 0 unspecified atom stereocenters. The molecule has 0 amide bonds. The fourth-order valence-corrected chi connectivity index (χ4v) is 11.6. The molecule has 321 valence electrons. The van der Waals surface area contributed by atoms with Crippen molar-refractivity contribution in [2.75, 3.05) is 0 Å². The van der Waals surface area contributed by atoms with Crippen molar-refractivity contribution in [1.29, 1.82) is 0 Å². The van der Waals surface area contributed by atoms with Gasteiger partial charge in [-0.2, -0.15) is 0 Å². The number of pyridine rings is 2. The van der Waals surface area contributed by atoms with Crippen LogP contribution in [-0.2, 0) is 20.1 Å². The molecule has 0 atom stereocenters. The largest absolute Gasteiger partial charge is 0 e. The van der Waals surface area contributed by atoms with Gasteiger partial charge in [0.05, 0.1) is 22.4 Å². The standard InChI is InChI=1S/C37H32N3O.C20H20GeN.Ir/c1-22(2)30-20-26(25-12-7-6-8-13-25)21-31(23(3)4)34(30)40-33-17-10-9-16-32(33)39-36(40)29-15-11-14-27-28-19-18-24(5)38-37(28)41-35(27)29;1-21(2,3)19-15-22-20(17-12-8-5-9-13-17)14-18(19)16-10-6-4-7-11-16;/h6-14,16-23H,1-5H3;4-12,14-15H,1-3H3;/q2*-1;. The van der Waals surface area contributed by atoms with Gasteiger partial charge < -0.3 is 8.98 Å². The number of furan rings is 1. The van der Waals surface area contributed by atoms with E-state index in [1.165, 1.54) is 43.5 Å². The number of aromatic nitrogens is 4. The molecule has 1 radical (unpaired) electrons. The number of rotatable bonds is 8. The van der Waals surface area contributed by atoms with Crippen LogP contribution in [-0.4, -0.2) is 32.8 Å². The first-order valence-electron chi connectivity index (χ1n) is 21.9. The number of para-hydroxylation sites is 2. The predicted molar refractivity (Wildman–Crippen MR) is 266 cm³/mol. The van der Waals surface area contributed by atoms with E-state index in [9.17, 15) is 0 Å². The summed E-state index contributed by atoms with van der Waals surface area (Å²) in [5.74, 6) is 8.65. The second-order valence-corrected chi connectivity index (χ2v) is 28.5. The zero-order valence-corrected chi connectivity index (χ0v) is 42.2. The van der Waals surface area contributed by atoms with E-state index in [1.54, 1.807) is 0 Å². The van der Waals surface area contributed by atoms with Crippen molar-refractivity contribution in [1.82, 2.24) is 19.5 Å². The summed E-state index contributed by atoms with van der Waals surface area (Å²) in [4.78, 5) is 14.6. The van der Waals surface area contributed by atoms with Gasteiger partial charge in [0, 0.05) is 36.9 Å². The molecule has 0 saturated carbocycles. The average molecular weight is 1070 g/mol. The molecule has 6 aromatic carbocycles. The summed E-state index contributed by atoms with van der Waals surface area (Å²) in [6, 6.07) is 59.6. The normalized spacial score (nSPS) is 11.6. The molecule has 64 heavy (non-hydrogen) atoms. The Bertz CT molecular complexity index is 3190. The van der Waals surface area contributed by atoms with Crippen molar-refractivity contribution in [3.05, 3.63) is 187 Å². The molecule has 0 aliphatic heterocycles. The Morgan fingerprint density at radius 1 is 0.625 bits per heavy atom. The number of nitrogens with zero attached hydrogens (tertiary/aromatic N) is 4. The molecule has 0 saturated heterocycles. The summed E-state index contributed by atoms with van der Waals surface area (Å²) < 4.78 is 10.2. The third-order valence-electron chi connectivity index (χ3n) is 11.7. The molecular formula is C57H52GeIrN4O-2. The van der Waals surface area contributed by atoms with E-state index in [0.29, 0.717) is 17.5 Å². The maximum atomic E-state index is 6.44. The smallest absolute Gasteiger partial charge is 0 e. The number of fused-ring (bicyclic) bond motifs is 4. The zero-order chi connectivity index (χ0) is 43.8. The molecule has 4 aromatic heterocycles. The monoisotopic (exact) mass is 1080 g/mol. The van der Waals surface area contributed by atoms with Gasteiger partial charge in [-0.3, -0.25) is 4.98 Å². The van der Waals surface area contributed by atoms with Gasteiger partial charge in [-0.1, -0.05) is 81.1 Å². The van der Waals surface area contributed by atoms with Gasteiger partial charge in [-0.05, 0) is 77.4 Å². The summed E-state index contributed by atoms with van der Waals surface area (Å²) in [5, 5.41) is 2.02. The van der Waals surface area contributed by atoms with Crippen LogP contribution in [0.15, 0.2) is 162 Å². The van der Waals surface area contributed by atoms with Gasteiger partial charge in [0.1, 0.15) is 0 Å². The van der Waals surface area contributed by atoms with Crippen LogP contribution >= 0.6 is 0 Å². The van der Waals surface area contributed by atoms with Crippen molar-refractivity contribution in [2.24, 2.45) is 0 Å². The summed E-state index contributed by atoms with van der Waals surface area (Å²) in [6.07, 6.45) is 2.10. The number of hydrogen-bond acceptors (Lipinski definition) is 4. The first-order valence-corrected chi connectivity index (χ1v) is 29.3. The molecule has 4 heterocycles. The third-order valence-corrected chi connectivity index (χ3v) is 16.0. The van der Waals surface area contributed by atoms with Crippen LogP contribution < -0.4 is 4.40 Å². The maximum Gasteiger partial charge on any atom is 0 e. The first kappa shape index (κ1) is 44.7. The van der Waals surface area contributed by atoms with Gasteiger partial charge in [0.25, 0.3) is 0 Å². The minimum absolute atomic E-state index is 0. The molecule has 0 aliphatic carbocycles. The second-order valence-electron chi connectivity index (χ2n) is 17.9. The van der Waals surface area contributed by atoms with Crippen molar-refractivity contribution in [3.63, 3.8) is 0 Å². The van der Waals surface area contributed by atoms with Gasteiger partial charge in [0.15, 0.2) is 0 Å². The number of aryl methyl sites for hydroxylation is 1. The van der Waals surface area contributed by atoms with Crippen molar-refractivity contribution in [2.45, 2.75) is 63.7 Å². The summed E-state index contributed by atoms with van der Waals surface area (Å²) in [6.45, 7) is 11.1. The number of imidazole rings is 1. The quantitative estimate of drug-likeness (QED) is 0.112. The van der Waals surface area contributed by atoms with Gasteiger partial charge in [-0.15, -0.1) is 18.2 Å². The first-order chi connectivity index (χ1) is 30.5. The molecule has 10 aromatic rings. The van der Waals surface area contributed by atoms with E-state index >= 15 is 0 Å². The van der Waals surface area contributed by atoms with Crippen LogP contribution in [0.2, 0.25) is 17.3 Å². The van der Waals surface area contributed by atoms with Crippen LogP contribution in [0.4, 0.5) is 0 Å². The fraction of sp³-hybridized carbons (Fsp3) is 0.175. The Labute approximate surface area is 393 Å². The van der Waals surface area contributed by atoms with Gasteiger partial charge in [-0.25, -0.2) is 4.98 Å². The molecule has 0 fully saturated rings. The van der Waals surface area contributed by atoms with Crippen LogP contribution in [0.1, 0.15) is 56.4 Å². The molecule has 7 heteroatoms. The van der Waals surface area contributed by atoms with E-state index in [-0.39, 0.29) is 20.1 Å². The molecule has 5 nitrogen and oxygen atoms in total. The number of hydrogen-bond donors (Lipinski definition) is 0. The van der Waals surface area contributed by atoms with Crippen LogP contribution in [0, 0.1) is 19.1 Å². The third kappa shape index (κ3) is 8.80. The van der Waals surface area contributed by atoms with Gasteiger partial charge in [0.2, 0.25) is 5.71 Å². The summed E-state index contributed by atoms with van der Waals surface area (Å²) in [5.41, 5.74) is 16.0. The van der Waals surface area contributed by atoms with Crippen molar-refractivity contribution >= 4 is 50.8 Å². The Hall–Kier alpha value is -5.92. The van der Waals surface area contributed by atoms with E-state index in [4.69, 9.17) is 14.4 Å². The van der Waals surface area contributed by atoms with Crippen molar-refractivity contribution < 1.29 is 24.5 Å². The zero-order valence-electron chi connectivity index (χ0n) is 37.7. The number of benzene rings is 6. The predicted octanol–water partition coefficient (Wildman–Crippen LogP) is 14.8. The average Bonchev–Trinajstić information content (AvgIpc) is 3.87. The molecule has 0 bridgehead atoms. The fourth-order valence-electron chi connectivity index (χ4n) is 8.53. The van der Waals surface area contributed by atoms with Crippen molar-refractivity contribution in [3.8, 4) is 50.6 Å². The molecule has 0 aliphatic rings. The maximum absolute atomic E-state index is 6.44. The Morgan fingerprint density at radius 3 is 1.94 bits per heavy atom. The van der Waals surface area contributed by atoms with Crippen LogP contribution in [0.5, 0.6) is 0 Å². The van der Waals surface area contributed by atoms with E-state index in [2.05, 4.69) is 188 Å². The van der Waals surface area contributed by atoms with E-state index in [0.717, 1.165) is 55.7 Å². The molecule has 0 spiro atoms. The second kappa shape index (κ2) is 18.7. The Balaban J connectivity index is 0.000000206. The summed E-state index contributed by atoms with van der Waals surface area (Å²) in [7, 11) is 0. The SMILES string of the molecule is Cc1ccc2c(n1)oc1c(-c3nc4ccccc4n3-c3c(C(C)C)cc(-c4ccccc4)cc3C(C)C)[c-]ccc12.[CH3][Ge]([CH3])([CH3])[c]1cnc(-c2[c-]cccc2)cc1-c1ccccc1.[Ir]. The molecule has 0 N–H and O–H groups in total. The molecular weight excluding hydrogens is 1020 g/mol. The Morgan fingerprint density at radius 2 is 1.28 bits per heavy atom. The minimum Gasteiger partial charge on any atom is 0 e.